The van der Waals surface area contributed by atoms with E-state index in [0.717, 1.165) is 22.4 Å². The lowest BCUT2D eigenvalue weighted by molar-refractivity contribution is 0.413. The summed E-state index contributed by atoms with van der Waals surface area (Å²) < 4.78 is 2.18. The summed E-state index contributed by atoms with van der Waals surface area (Å²) >= 11 is 6.36. The Kier molecular flexibility index (Phi) is 3.14. The Hall–Kier alpha value is -2.07. The number of rotatable bonds is 1. The van der Waals surface area contributed by atoms with Crippen molar-refractivity contribution in [2.75, 3.05) is 5.73 Å². The van der Waals surface area contributed by atoms with E-state index in [4.69, 9.17) is 22.3 Å². The van der Waals surface area contributed by atoms with E-state index in [1.165, 1.54) is 0 Å². The zero-order valence-corrected chi connectivity index (χ0v) is 13.0. The zero-order valence-electron chi connectivity index (χ0n) is 12.3. The quantitative estimate of drug-likeness (QED) is 0.689. The van der Waals surface area contributed by atoms with Crippen molar-refractivity contribution >= 4 is 28.3 Å². The van der Waals surface area contributed by atoms with Crippen LogP contribution in [0, 0.1) is 0 Å². The van der Waals surface area contributed by atoms with Gasteiger partial charge in [-0.15, -0.1) is 0 Å². The maximum Gasteiger partial charge on any atom is 0.143 e. The first-order valence-corrected chi connectivity index (χ1v) is 7.14. The van der Waals surface area contributed by atoms with Crippen LogP contribution >= 0.6 is 11.6 Å². The number of pyridine rings is 1. The maximum absolute atomic E-state index is 6.36. The molecule has 5 heteroatoms. The molecule has 0 atom stereocenters. The summed E-state index contributed by atoms with van der Waals surface area (Å²) in [5.74, 6) is 0.829. The predicted molar refractivity (Wildman–Crippen MR) is 87.4 cm³/mol. The van der Waals surface area contributed by atoms with Crippen LogP contribution in [-0.4, -0.2) is 14.5 Å². The van der Waals surface area contributed by atoms with Crippen LogP contribution < -0.4 is 5.73 Å². The van der Waals surface area contributed by atoms with Crippen LogP contribution in [0.3, 0.4) is 0 Å². The fourth-order valence-electron chi connectivity index (χ4n) is 2.50. The Balaban J connectivity index is 2.37. The smallest absolute Gasteiger partial charge is 0.143 e. The van der Waals surface area contributed by atoms with Gasteiger partial charge in [-0.05, 0) is 45.0 Å². The van der Waals surface area contributed by atoms with E-state index in [0.29, 0.717) is 10.7 Å². The summed E-state index contributed by atoms with van der Waals surface area (Å²) in [5.41, 5.74) is 9.07. The zero-order chi connectivity index (χ0) is 15.2. The van der Waals surface area contributed by atoms with Gasteiger partial charge in [0, 0.05) is 23.0 Å². The van der Waals surface area contributed by atoms with Crippen molar-refractivity contribution < 1.29 is 0 Å². The third kappa shape index (κ3) is 2.36. The third-order valence-electron chi connectivity index (χ3n) is 3.36. The van der Waals surface area contributed by atoms with Gasteiger partial charge in [0.05, 0.1) is 16.7 Å². The Bertz CT molecular complexity index is 815. The minimum Gasteiger partial charge on any atom is -0.399 e. The molecule has 1 aromatic carbocycles. The molecule has 0 fully saturated rings. The number of hydrogen-bond acceptors (Lipinski definition) is 3. The number of halogens is 1. The highest BCUT2D eigenvalue weighted by Crippen LogP contribution is 2.35. The molecule has 4 nitrogen and oxygen atoms in total. The third-order valence-corrected chi connectivity index (χ3v) is 3.67. The van der Waals surface area contributed by atoms with Crippen LogP contribution in [0.25, 0.3) is 22.4 Å². The van der Waals surface area contributed by atoms with Crippen LogP contribution in [0.15, 0.2) is 36.7 Å². The molecule has 0 bridgehead atoms. The lowest BCUT2D eigenvalue weighted by Gasteiger charge is -2.25. The van der Waals surface area contributed by atoms with E-state index in [1.807, 2.05) is 18.2 Å². The Morgan fingerprint density at radius 3 is 2.62 bits per heavy atom. The number of nitrogens with two attached hydrogens (primary N) is 1. The molecule has 0 aliphatic rings. The van der Waals surface area contributed by atoms with Crippen LogP contribution in [0.4, 0.5) is 5.69 Å². The standard InChI is InChI=1S/C16H17ClN4/c1-16(2,3)21-14-6-7-19-9-13(14)20-15(21)11-5-4-10(18)8-12(11)17/h4-9H,18H2,1-3H3. The number of fused-ring (bicyclic) bond motifs is 1. The van der Waals surface area contributed by atoms with Gasteiger partial charge in [0.2, 0.25) is 0 Å². The average molecular weight is 301 g/mol. The first-order valence-electron chi connectivity index (χ1n) is 6.76. The van der Waals surface area contributed by atoms with Crippen molar-refractivity contribution in [2.24, 2.45) is 0 Å². The van der Waals surface area contributed by atoms with Crippen molar-refractivity contribution in [3.8, 4) is 11.4 Å². The summed E-state index contributed by atoms with van der Waals surface area (Å²) in [6.45, 7) is 6.43. The molecule has 2 N–H and O–H groups in total. The number of hydrogen-bond donors (Lipinski definition) is 1. The molecule has 0 unspecified atom stereocenters. The second-order valence-electron chi connectivity index (χ2n) is 6.05. The van der Waals surface area contributed by atoms with Crippen molar-refractivity contribution in [3.05, 3.63) is 41.7 Å². The van der Waals surface area contributed by atoms with Gasteiger partial charge < -0.3 is 10.3 Å². The molecule has 0 saturated heterocycles. The van der Waals surface area contributed by atoms with Crippen LogP contribution in [0.2, 0.25) is 5.02 Å². The molecule has 0 amide bonds. The highest BCUT2D eigenvalue weighted by Gasteiger charge is 2.23. The van der Waals surface area contributed by atoms with Gasteiger partial charge in [-0.25, -0.2) is 4.98 Å². The van der Waals surface area contributed by atoms with Crippen LogP contribution in [-0.2, 0) is 5.54 Å². The van der Waals surface area contributed by atoms with E-state index < -0.39 is 0 Å². The number of nitrogen functional groups attached to an aromatic ring is 1. The Labute approximate surface area is 128 Å². The summed E-state index contributed by atoms with van der Waals surface area (Å²) in [5, 5.41) is 0.601. The lowest BCUT2D eigenvalue weighted by Crippen LogP contribution is -2.22. The summed E-state index contributed by atoms with van der Waals surface area (Å²) in [4.78, 5) is 8.87. The largest absolute Gasteiger partial charge is 0.399 e. The summed E-state index contributed by atoms with van der Waals surface area (Å²) in [6.07, 6.45) is 3.55. The Morgan fingerprint density at radius 1 is 1.19 bits per heavy atom. The number of anilines is 1. The first kappa shape index (κ1) is 13.9. The highest BCUT2D eigenvalue weighted by atomic mass is 35.5. The van der Waals surface area contributed by atoms with Gasteiger partial charge in [0.15, 0.2) is 0 Å². The number of nitrogens with zero attached hydrogens (tertiary/aromatic N) is 3. The molecule has 21 heavy (non-hydrogen) atoms. The van der Waals surface area contributed by atoms with Gasteiger partial charge in [-0.3, -0.25) is 4.98 Å². The van der Waals surface area contributed by atoms with Crippen molar-refractivity contribution in [2.45, 2.75) is 26.3 Å². The topological polar surface area (TPSA) is 56.7 Å². The maximum atomic E-state index is 6.36. The lowest BCUT2D eigenvalue weighted by atomic mass is 10.1. The second kappa shape index (κ2) is 4.74. The molecule has 0 saturated carbocycles. The monoisotopic (exact) mass is 300 g/mol. The molecule has 0 spiro atoms. The van der Waals surface area contributed by atoms with E-state index in [9.17, 15) is 0 Å². The first-order chi connectivity index (χ1) is 9.88. The molecule has 0 radical (unpaired) electrons. The molecule has 3 aromatic rings. The molecule has 0 aliphatic carbocycles. The second-order valence-corrected chi connectivity index (χ2v) is 6.45. The molecule has 2 heterocycles. The van der Waals surface area contributed by atoms with E-state index in [-0.39, 0.29) is 5.54 Å². The predicted octanol–water partition coefficient (Wildman–Crippen LogP) is 4.09. The van der Waals surface area contributed by atoms with Crippen LogP contribution in [0.1, 0.15) is 20.8 Å². The van der Waals surface area contributed by atoms with Gasteiger partial charge in [-0.2, -0.15) is 0 Å². The minimum atomic E-state index is -0.129. The molecular formula is C16H17ClN4. The minimum absolute atomic E-state index is 0.129. The van der Waals surface area contributed by atoms with E-state index in [2.05, 4.69) is 30.3 Å². The van der Waals surface area contributed by atoms with Crippen molar-refractivity contribution in [1.82, 2.24) is 14.5 Å². The normalized spacial score (nSPS) is 12.0. The molecule has 3 rings (SSSR count). The molecule has 2 aromatic heterocycles. The van der Waals surface area contributed by atoms with Crippen molar-refractivity contribution in [1.29, 1.82) is 0 Å². The number of aromatic nitrogens is 3. The highest BCUT2D eigenvalue weighted by molar-refractivity contribution is 6.33. The van der Waals surface area contributed by atoms with Crippen LogP contribution in [0.5, 0.6) is 0 Å². The Morgan fingerprint density at radius 2 is 1.95 bits per heavy atom. The van der Waals surface area contributed by atoms with E-state index in [1.54, 1.807) is 18.5 Å². The van der Waals surface area contributed by atoms with E-state index >= 15 is 0 Å². The van der Waals surface area contributed by atoms with Gasteiger partial charge in [-0.1, -0.05) is 11.6 Å². The summed E-state index contributed by atoms with van der Waals surface area (Å²) in [6, 6.07) is 7.48. The molecule has 0 aliphatic heterocycles. The van der Waals surface area contributed by atoms with Gasteiger partial charge in [0.25, 0.3) is 0 Å². The summed E-state index contributed by atoms with van der Waals surface area (Å²) in [7, 11) is 0. The fourth-order valence-corrected chi connectivity index (χ4v) is 2.78. The van der Waals surface area contributed by atoms with Gasteiger partial charge >= 0.3 is 0 Å². The fraction of sp³-hybridized carbons (Fsp3) is 0.250. The molecular weight excluding hydrogens is 284 g/mol. The molecule has 108 valence electrons. The average Bonchev–Trinajstić information content (AvgIpc) is 2.77. The number of imidazole rings is 1. The SMILES string of the molecule is CC(C)(C)n1c(-c2ccc(N)cc2Cl)nc2cnccc21. The number of benzene rings is 1. The van der Waals surface area contributed by atoms with Crippen molar-refractivity contribution in [3.63, 3.8) is 0 Å². The van der Waals surface area contributed by atoms with Gasteiger partial charge in [0.1, 0.15) is 11.3 Å².